The zero-order chi connectivity index (χ0) is 30.2. The van der Waals surface area contributed by atoms with Crippen molar-refractivity contribution in [1.82, 2.24) is 24.3 Å². The molecule has 224 valence electrons. The first kappa shape index (κ1) is 29.0. The number of aromatic nitrogens is 3. The van der Waals surface area contributed by atoms with Crippen LogP contribution in [0.5, 0.6) is 0 Å². The molecular weight excluding hydrogens is 576 g/mol. The van der Waals surface area contributed by atoms with Gasteiger partial charge in [0.05, 0.1) is 27.3 Å². The molecule has 1 fully saturated rings. The molecule has 1 N–H and O–H groups in total. The van der Waals surface area contributed by atoms with Crippen molar-refractivity contribution in [3.05, 3.63) is 92.6 Å². The first-order valence-electron chi connectivity index (χ1n) is 14.5. The van der Waals surface area contributed by atoms with Crippen molar-refractivity contribution in [3.8, 4) is 5.69 Å². The lowest BCUT2D eigenvalue weighted by Gasteiger charge is -2.29. The van der Waals surface area contributed by atoms with Crippen LogP contribution in [0.3, 0.4) is 0 Å². The molecule has 2 aromatic heterocycles. The number of imidazole rings is 1. The van der Waals surface area contributed by atoms with Gasteiger partial charge in [0.25, 0.3) is 12.3 Å². The number of carbonyl (C=O) groups is 2. The van der Waals surface area contributed by atoms with Crippen LogP contribution in [0.1, 0.15) is 66.2 Å². The summed E-state index contributed by atoms with van der Waals surface area (Å²) in [6, 6.07) is 14.8. The van der Waals surface area contributed by atoms with E-state index in [2.05, 4.69) is 16.4 Å². The van der Waals surface area contributed by atoms with Crippen molar-refractivity contribution >= 4 is 34.4 Å². The van der Waals surface area contributed by atoms with Gasteiger partial charge in [-0.05, 0) is 79.5 Å². The molecule has 4 aromatic rings. The van der Waals surface area contributed by atoms with Crippen LogP contribution in [0.4, 0.5) is 8.78 Å². The second kappa shape index (κ2) is 11.9. The van der Waals surface area contributed by atoms with E-state index >= 15 is 0 Å². The number of benzene rings is 2. The lowest BCUT2D eigenvalue weighted by atomic mass is 9.85. The van der Waals surface area contributed by atoms with Crippen LogP contribution < -0.4 is 11.0 Å². The van der Waals surface area contributed by atoms with Gasteiger partial charge in [0.2, 0.25) is 5.91 Å². The fourth-order valence-corrected chi connectivity index (χ4v) is 6.56. The van der Waals surface area contributed by atoms with Gasteiger partial charge in [-0.25, -0.2) is 13.6 Å². The number of para-hydroxylation sites is 2. The molecule has 2 aliphatic rings. The average molecular weight is 608 g/mol. The monoisotopic (exact) mass is 607 g/mol. The van der Waals surface area contributed by atoms with E-state index in [-0.39, 0.29) is 34.1 Å². The third kappa shape index (κ3) is 5.80. The van der Waals surface area contributed by atoms with Crippen LogP contribution in [-0.2, 0) is 24.3 Å². The van der Waals surface area contributed by atoms with Crippen molar-refractivity contribution in [2.75, 3.05) is 6.54 Å². The Morgan fingerprint density at radius 2 is 1.79 bits per heavy atom. The minimum Gasteiger partial charge on any atom is -0.349 e. The van der Waals surface area contributed by atoms with E-state index in [9.17, 15) is 23.2 Å². The lowest BCUT2D eigenvalue weighted by Crippen LogP contribution is -2.39. The largest absolute Gasteiger partial charge is 0.349 e. The van der Waals surface area contributed by atoms with Gasteiger partial charge in [0.1, 0.15) is 5.69 Å². The molecule has 1 aliphatic heterocycles. The minimum absolute atomic E-state index is 0.0403. The van der Waals surface area contributed by atoms with Crippen LogP contribution in [0.2, 0.25) is 5.02 Å². The highest BCUT2D eigenvalue weighted by Crippen LogP contribution is 2.29. The number of nitrogens with zero attached hydrogens (tertiary/aromatic N) is 4. The summed E-state index contributed by atoms with van der Waals surface area (Å²) in [6.45, 7) is 3.34. The molecule has 0 unspecified atom stereocenters. The van der Waals surface area contributed by atoms with E-state index in [0.717, 1.165) is 47.7 Å². The molecule has 2 amide bonds. The highest BCUT2D eigenvalue weighted by Gasteiger charge is 2.28. The summed E-state index contributed by atoms with van der Waals surface area (Å²) in [5, 5.41) is 3.00. The lowest BCUT2D eigenvalue weighted by molar-refractivity contribution is -0.129. The van der Waals surface area contributed by atoms with Gasteiger partial charge < -0.3 is 10.2 Å². The van der Waals surface area contributed by atoms with Crippen LogP contribution in [-0.4, -0.2) is 43.4 Å². The van der Waals surface area contributed by atoms with Crippen LogP contribution >= 0.6 is 11.6 Å². The second-order valence-corrected chi connectivity index (χ2v) is 11.9. The van der Waals surface area contributed by atoms with Gasteiger partial charge in [-0.2, -0.15) is 0 Å². The highest BCUT2D eigenvalue weighted by molar-refractivity contribution is 6.30. The number of halogens is 3. The van der Waals surface area contributed by atoms with E-state index in [1.807, 2.05) is 45.9 Å². The maximum absolute atomic E-state index is 13.9. The fraction of sp³-hybridized carbons (Fsp3) is 0.375. The van der Waals surface area contributed by atoms with Crippen molar-refractivity contribution in [2.45, 2.75) is 64.6 Å². The quantitative estimate of drug-likeness (QED) is 0.306. The number of fused-ring (bicyclic) bond motifs is 2. The van der Waals surface area contributed by atoms with Gasteiger partial charge >= 0.3 is 5.69 Å². The predicted molar refractivity (Wildman–Crippen MR) is 160 cm³/mol. The molecule has 3 heterocycles. The van der Waals surface area contributed by atoms with E-state index in [4.69, 9.17) is 11.6 Å². The number of amides is 2. The Bertz CT molecular complexity index is 1760. The van der Waals surface area contributed by atoms with Crippen LogP contribution in [0.15, 0.2) is 59.5 Å². The van der Waals surface area contributed by atoms with Gasteiger partial charge in [-0.3, -0.25) is 23.7 Å². The summed E-state index contributed by atoms with van der Waals surface area (Å²) in [5.74, 6) is -0.356. The van der Waals surface area contributed by atoms with Crippen molar-refractivity contribution in [1.29, 1.82) is 0 Å². The Morgan fingerprint density at radius 3 is 2.51 bits per heavy atom. The summed E-state index contributed by atoms with van der Waals surface area (Å²) >= 11 is 5.92. The molecular formula is C32H32ClF2N5O3. The Balaban J connectivity index is 1.19. The van der Waals surface area contributed by atoms with Gasteiger partial charge in [-0.15, -0.1) is 0 Å². The van der Waals surface area contributed by atoms with E-state index in [1.54, 1.807) is 11.5 Å². The molecule has 8 nitrogen and oxygen atoms in total. The Morgan fingerprint density at radius 1 is 1.05 bits per heavy atom. The molecule has 6 rings (SSSR count). The normalized spacial score (nSPS) is 18.6. The summed E-state index contributed by atoms with van der Waals surface area (Å²) in [7, 11) is 0. The zero-order valence-corrected chi connectivity index (χ0v) is 24.5. The second-order valence-electron chi connectivity index (χ2n) is 11.4. The van der Waals surface area contributed by atoms with Crippen LogP contribution in [0.25, 0.3) is 16.7 Å². The maximum Gasteiger partial charge on any atom is 0.333 e. The summed E-state index contributed by atoms with van der Waals surface area (Å²) in [4.78, 5) is 44.2. The number of alkyl halides is 2. The SMILES string of the molecule is CC(=O)N1CCc2ccc(-n3c(=O)n(C[C@H]4CC[C@H](NC(=O)c5cc(Cl)cnc5C(F)F)CC4)c4ccccc43)cc2C1. The Hall–Kier alpha value is -4.05. The third-order valence-corrected chi connectivity index (χ3v) is 8.91. The molecule has 43 heavy (non-hydrogen) atoms. The average Bonchev–Trinajstić information content (AvgIpc) is 3.27. The number of carbonyl (C=O) groups excluding carboxylic acids is 2. The van der Waals surface area contributed by atoms with E-state index < -0.39 is 18.0 Å². The first-order valence-corrected chi connectivity index (χ1v) is 14.9. The topological polar surface area (TPSA) is 89.2 Å². The summed E-state index contributed by atoms with van der Waals surface area (Å²) in [5.41, 5.74) is 3.77. The van der Waals surface area contributed by atoms with Crippen molar-refractivity contribution < 1.29 is 18.4 Å². The summed E-state index contributed by atoms with van der Waals surface area (Å²) < 4.78 is 30.4. The van der Waals surface area contributed by atoms with Crippen LogP contribution in [0, 0.1) is 5.92 Å². The molecule has 0 atom stereocenters. The first-order chi connectivity index (χ1) is 20.7. The molecule has 2 aromatic carbocycles. The Labute approximate surface area is 252 Å². The molecule has 1 saturated carbocycles. The van der Waals surface area contributed by atoms with Gasteiger partial charge in [-0.1, -0.05) is 29.8 Å². The Kier molecular flexibility index (Phi) is 8.05. The molecule has 1 aliphatic carbocycles. The number of pyridine rings is 1. The fourth-order valence-electron chi connectivity index (χ4n) is 6.40. The van der Waals surface area contributed by atoms with Gasteiger partial charge in [0.15, 0.2) is 0 Å². The van der Waals surface area contributed by atoms with E-state index in [1.165, 1.54) is 11.6 Å². The summed E-state index contributed by atoms with van der Waals surface area (Å²) in [6.07, 6.45) is 1.89. The molecule has 0 saturated heterocycles. The molecule has 0 radical (unpaired) electrons. The zero-order valence-electron chi connectivity index (χ0n) is 23.7. The smallest absolute Gasteiger partial charge is 0.333 e. The maximum atomic E-state index is 13.9. The highest BCUT2D eigenvalue weighted by atomic mass is 35.5. The molecule has 0 spiro atoms. The number of nitrogens with one attached hydrogen (secondary N) is 1. The number of rotatable bonds is 6. The van der Waals surface area contributed by atoms with Crippen molar-refractivity contribution in [3.63, 3.8) is 0 Å². The third-order valence-electron chi connectivity index (χ3n) is 8.70. The van der Waals surface area contributed by atoms with Gasteiger partial charge in [0, 0.05) is 38.8 Å². The number of hydrogen-bond donors (Lipinski definition) is 1. The standard InChI is InChI=1S/C32H32ClF2N5O3/c1-19(41)38-13-12-21-8-11-25(14-22(21)18-38)40-28-5-3-2-4-27(28)39(32(40)43)17-20-6-9-24(10-7-20)37-31(42)26-15-23(33)16-36-29(26)30(34)35/h2-5,8,11,14-16,20,24,30H,6-7,9-10,12-13,17-18H2,1H3,(H,37,42)/t20-,24-. The predicted octanol–water partition coefficient (Wildman–Crippen LogP) is 5.67. The molecule has 11 heteroatoms. The minimum atomic E-state index is -2.88. The van der Waals surface area contributed by atoms with E-state index in [0.29, 0.717) is 32.5 Å². The molecule has 0 bridgehead atoms. The number of hydrogen-bond acceptors (Lipinski definition) is 4. The van der Waals surface area contributed by atoms with Crippen molar-refractivity contribution in [2.24, 2.45) is 5.92 Å².